The molecule has 4 rings (SSSR count). The van der Waals surface area contributed by atoms with Gasteiger partial charge in [0.2, 0.25) is 0 Å². The molecule has 0 aromatic carbocycles. The van der Waals surface area contributed by atoms with E-state index in [1.807, 2.05) is 6.92 Å². The maximum atomic E-state index is 13.0. The molecule has 0 bridgehead atoms. The highest BCUT2D eigenvalue weighted by molar-refractivity contribution is 5.74. The van der Waals surface area contributed by atoms with Gasteiger partial charge in [-0.2, -0.15) is 0 Å². The maximum Gasteiger partial charge on any atom is 0.309 e. The highest BCUT2D eigenvalue weighted by atomic mass is 16.5. The molecular weight excluding hydrogens is 432 g/mol. The number of cyclic esters (lactones) is 1. The van der Waals surface area contributed by atoms with Crippen molar-refractivity contribution in [1.82, 2.24) is 0 Å². The largest absolute Gasteiger partial charge is 0.465 e. The lowest BCUT2D eigenvalue weighted by Gasteiger charge is -2.56. The van der Waals surface area contributed by atoms with Crippen molar-refractivity contribution in [2.75, 3.05) is 6.61 Å². The van der Waals surface area contributed by atoms with Gasteiger partial charge in [0.25, 0.3) is 0 Å². The minimum atomic E-state index is -0.867. The Balaban J connectivity index is 1.58. The first-order valence-electron chi connectivity index (χ1n) is 13.7. The number of ether oxygens (including phenoxy) is 1. The van der Waals surface area contributed by atoms with Crippen molar-refractivity contribution in [3.05, 3.63) is 0 Å². The summed E-state index contributed by atoms with van der Waals surface area (Å²) >= 11 is 0. The third-order valence-corrected chi connectivity index (χ3v) is 11.5. The quantitative estimate of drug-likeness (QED) is 0.450. The van der Waals surface area contributed by atoms with Crippen molar-refractivity contribution >= 4 is 5.97 Å². The molecule has 34 heavy (non-hydrogen) atoms. The maximum absolute atomic E-state index is 13.0. The van der Waals surface area contributed by atoms with Crippen LogP contribution in [-0.2, 0) is 9.53 Å². The Morgan fingerprint density at radius 2 is 1.56 bits per heavy atom. The molecule has 6 heteroatoms. The number of esters is 1. The van der Waals surface area contributed by atoms with E-state index in [-0.39, 0.29) is 52.8 Å². The summed E-state index contributed by atoms with van der Waals surface area (Å²) in [7, 11) is 0. The highest BCUT2D eigenvalue weighted by Crippen LogP contribution is 2.66. The van der Waals surface area contributed by atoms with Gasteiger partial charge in [0.05, 0.1) is 36.9 Å². The molecule has 0 amide bonds. The summed E-state index contributed by atoms with van der Waals surface area (Å²) in [6.07, 6.45) is 1.61. The summed E-state index contributed by atoms with van der Waals surface area (Å²) in [4.78, 5) is 13.0. The normalized spacial score (nSPS) is 48.1. The summed E-state index contributed by atoms with van der Waals surface area (Å²) < 4.78 is 5.86. The fraction of sp³-hybridized carbons (Fsp3) is 0.964. The standard InChI is InChI=1S/C28H48O6/c1-14(2)15(3)24(31)25(32)16(4)18-7-8-19-17-13-34-26(33)21-11-22(29)23(30)12-28(21,6)20(17)9-10-27(18,19)5/h14-25,29-32H,7-13H2,1-6H3/t15-,16-,17-,18+,19+,20-,21-,22-,23+,24-,25-,27-,28-/m1/s1. The molecule has 0 unspecified atom stereocenters. The Bertz CT molecular complexity index is 755. The molecule has 1 heterocycles. The third kappa shape index (κ3) is 4.05. The molecule has 3 aliphatic carbocycles. The van der Waals surface area contributed by atoms with E-state index in [9.17, 15) is 25.2 Å². The number of aliphatic hydroxyl groups is 4. The van der Waals surface area contributed by atoms with Crippen LogP contribution in [0, 0.1) is 58.2 Å². The summed E-state index contributed by atoms with van der Waals surface area (Å²) in [5.41, 5.74) is -0.345. The van der Waals surface area contributed by atoms with Crippen LogP contribution in [0.25, 0.3) is 0 Å². The van der Waals surface area contributed by atoms with E-state index < -0.39 is 24.4 Å². The molecule has 0 aromatic heterocycles. The van der Waals surface area contributed by atoms with Crippen LogP contribution >= 0.6 is 0 Å². The highest BCUT2D eigenvalue weighted by Gasteiger charge is 2.63. The van der Waals surface area contributed by atoms with E-state index in [1.54, 1.807) is 0 Å². The third-order valence-electron chi connectivity index (χ3n) is 11.5. The lowest BCUT2D eigenvalue weighted by molar-refractivity contribution is -0.162. The van der Waals surface area contributed by atoms with E-state index in [2.05, 4.69) is 34.6 Å². The van der Waals surface area contributed by atoms with Crippen LogP contribution in [-0.4, -0.2) is 57.4 Å². The van der Waals surface area contributed by atoms with Crippen LogP contribution < -0.4 is 0 Å². The molecule has 4 fully saturated rings. The zero-order valence-electron chi connectivity index (χ0n) is 22.0. The van der Waals surface area contributed by atoms with Gasteiger partial charge in [0.1, 0.15) is 0 Å². The van der Waals surface area contributed by atoms with Crippen molar-refractivity contribution in [1.29, 1.82) is 0 Å². The van der Waals surface area contributed by atoms with Crippen LogP contribution in [0.1, 0.15) is 80.1 Å². The molecule has 1 aliphatic heterocycles. The molecule has 0 spiro atoms. The summed E-state index contributed by atoms with van der Waals surface area (Å²) in [5.74, 6) is 0.948. The van der Waals surface area contributed by atoms with Crippen LogP contribution in [0.3, 0.4) is 0 Å². The Morgan fingerprint density at radius 1 is 0.912 bits per heavy atom. The molecule has 0 aromatic rings. The smallest absolute Gasteiger partial charge is 0.309 e. The van der Waals surface area contributed by atoms with Gasteiger partial charge < -0.3 is 25.2 Å². The van der Waals surface area contributed by atoms with E-state index in [1.165, 1.54) is 0 Å². The molecular formula is C28H48O6. The van der Waals surface area contributed by atoms with Crippen molar-refractivity contribution in [3.8, 4) is 0 Å². The number of hydrogen-bond donors (Lipinski definition) is 4. The zero-order valence-corrected chi connectivity index (χ0v) is 22.0. The second kappa shape index (κ2) is 9.32. The number of carbonyl (C=O) groups is 1. The average Bonchev–Trinajstić information content (AvgIpc) is 3.09. The number of aliphatic hydroxyl groups excluding tert-OH is 4. The second-order valence-corrected chi connectivity index (χ2v) is 13.3. The van der Waals surface area contributed by atoms with Gasteiger partial charge in [-0.25, -0.2) is 0 Å². The first-order chi connectivity index (χ1) is 15.8. The topological polar surface area (TPSA) is 107 Å². The van der Waals surface area contributed by atoms with Gasteiger partial charge in [-0.15, -0.1) is 0 Å². The SMILES string of the molecule is CC(C)[C@@H](C)[C@@H](O)[C@H](O)[C@H](C)[C@@H]1CC[C@H]2[C@H]3COC(=O)[C@H]4C[C@@H](O)[C@@H](O)C[C@]4(C)[C@@H]3CC[C@]12C. The summed E-state index contributed by atoms with van der Waals surface area (Å²) in [6.45, 7) is 13.2. The van der Waals surface area contributed by atoms with Gasteiger partial charge in [0, 0.05) is 0 Å². The number of rotatable bonds is 5. The van der Waals surface area contributed by atoms with E-state index in [0.717, 1.165) is 25.7 Å². The van der Waals surface area contributed by atoms with Crippen LogP contribution in [0.4, 0.5) is 0 Å². The molecule has 4 aliphatic rings. The Kier molecular flexibility index (Phi) is 7.23. The monoisotopic (exact) mass is 480 g/mol. The lowest BCUT2D eigenvalue weighted by Crippen LogP contribution is -2.55. The van der Waals surface area contributed by atoms with Crippen LogP contribution in [0.15, 0.2) is 0 Å². The van der Waals surface area contributed by atoms with Crippen LogP contribution in [0.5, 0.6) is 0 Å². The van der Waals surface area contributed by atoms with Crippen molar-refractivity contribution in [2.45, 2.75) is 104 Å². The van der Waals surface area contributed by atoms with E-state index >= 15 is 0 Å². The van der Waals surface area contributed by atoms with Crippen LogP contribution in [0.2, 0.25) is 0 Å². The predicted octanol–water partition coefficient (Wildman–Crippen LogP) is 3.39. The summed E-state index contributed by atoms with van der Waals surface area (Å²) in [5, 5.41) is 42.9. The Labute approximate surface area is 205 Å². The number of hydrogen-bond acceptors (Lipinski definition) is 6. The van der Waals surface area contributed by atoms with Gasteiger partial charge in [-0.1, -0.05) is 41.5 Å². The first-order valence-corrected chi connectivity index (χ1v) is 13.7. The molecule has 6 nitrogen and oxygen atoms in total. The zero-order chi connectivity index (χ0) is 25.2. The lowest BCUT2D eigenvalue weighted by atomic mass is 9.48. The fourth-order valence-electron chi connectivity index (χ4n) is 8.95. The van der Waals surface area contributed by atoms with Gasteiger partial charge in [-0.05, 0) is 90.8 Å². The average molecular weight is 481 g/mol. The van der Waals surface area contributed by atoms with Gasteiger partial charge in [0.15, 0.2) is 0 Å². The van der Waals surface area contributed by atoms with E-state index in [0.29, 0.717) is 30.8 Å². The van der Waals surface area contributed by atoms with Crippen molar-refractivity contribution < 1.29 is 30.0 Å². The van der Waals surface area contributed by atoms with Gasteiger partial charge >= 0.3 is 5.97 Å². The first kappa shape index (κ1) is 26.4. The molecule has 13 atom stereocenters. The molecule has 0 radical (unpaired) electrons. The van der Waals surface area contributed by atoms with Crippen molar-refractivity contribution in [3.63, 3.8) is 0 Å². The Hall–Kier alpha value is -0.690. The minimum absolute atomic E-state index is 0.00827. The molecule has 1 saturated heterocycles. The second-order valence-electron chi connectivity index (χ2n) is 13.3. The number of carbonyl (C=O) groups excluding carboxylic acids is 1. The fourth-order valence-corrected chi connectivity index (χ4v) is 8.95. The number of fused-ring (bicyclic) bond motifs is 5. The summed E-state index contributed by atoms with van der Waals surface area (Å²) in [6, 6.07) is 0. The molecule has 3 saturated carbocycles. The molecule has 4 N–H and O–H groups in total. The van der Waals surface area contributed by atoms with Gasteiger partial charge in [-0.3, -0.25) is 4.79 Å². The predicted molar refractivity (Wildman–Crippen MR) is 130 cm³/mol. The molecule has 196 valence electrons. The Morgan fingerprint density at radius 3 is 2.21 bits per heavy atom. The van der Waals surface area contributed by atoms with Crippen molar-refractivity contribution in [2.24, 2.45) is 58.2 Å². The minimum Gasteiger partial charge on any atom is -0.465 e. The van der Waals surface area contributed by atoms with E-state index in [4.69, 9.17) is 4.74 Å².